The maximum atomic E-state index is 5.73. The van der Waals surface area contributed by atoms with Crippen LogP contribution in [-0.2, 0) is 37.5 Å². The minimum absolute atomic E-state index is 0.337. The molecule has 0 aliphatic rings. The van der Waals surface area contributed by atoms with Crippen molar-refractivity contribution < 1.29 is 43.8 Å². The van der Waals surface area contributed by atoms with Gasteiger partial charge in [-0.1, -0.05) is 12.1 Å². The monoisotopic (exact) mass is 382 g/mol. The summed E-state index contributed by atoms with van der Waals surface area (Å²) in [7, 11) is 5.60. The molecular formula is C18H22O9. The van der Waals surface area contributed by atoms with Gasteiger partial charge in [-0.2, -0.15) is 19.6 Å². The number of ether oxygens (including phenoxy) is 1. The van der Waals surface area contributed by atoms with Crippen LogP contribution in [0.25, 0.3) is 0 Å². The fourth-order valence-electron chi connectivity index (χ4n) is 2.20. The van der Waals surface area contributed by atoms with Crippen LogP contribution in [0.1, 0.15) is 11.1 Å². The third-order valence-corrected chi connectivity index (χ3v) is 3.25. The Hall–Kier alpha value is -2.56. The van der Waals surface area contributed by atoms with Gasteiger partial charge in [0.2, 0.25) is 23.0 Å². The largest absolute Gasteiger partial charge is 0.372 e. The molecule has 0 heterocycles. The Morgan fingerprint density at radius 3 is 1.26 bits per heavy atom. The summed E-state index contributed by atoms with van der Waals surface area (Å²) in [6.07, 6.45) is 0. The predicted octanol–water partition coefficient (Wildman–Crippen LogP) is 3.16. The van der Waals surface area contributed by atoms with E-state index < -0.39 is 0 Å². The molecule has 0 saturated heterocycles. The number of rotatable bonds is 12. The van der Waals surface area contributed by atoms with Crippen LogP contribution in [-0.4, -0.2) is 28.4 Å². The summed E-state index contributed by atoms with van der Waals surface area (Å²) < 4.78 is 5.73. The maximum Gasteiger partial charge on any atom is 0.211 e. The zero-order chi connectivity index (χ0) is 19.5. The highest BCUT2D eigenvalue weighted by Crippen LogP contribution is 2.30. The average Bonchev–Trinajstić information content (AvgIpc) is 2.66. The standard InChI is InChI=1S/C18H22O9/c1-19-24-15-7-5-13(9-17(15)26-21-3)11-23-12-14-6-8-16(25-20-2)18(10-14)27-22-4/h5-10H,11-12H2,1-4H3. The van der Waals surface area contributed by atoms with Crippen LogP contribution in [0.4, 0.5) is 0 Å². The molecular weight excluding hydrogens is 360 g/mol. The second-order valence-electron chi connectivity index (χ2n) is 5.05. The van der Waals surface area contributed by atoms with Crippen molar-refractivity contribution in [3.05, 3.63) is 47.5 Å². The molecule has 0 bridgehead atoms. The van der Waals surface area contributed by atoms with Crippen molar-refractivity contribution in [1.82, 2.24) is 0 Å². The summed E-state index contributed by atoms with van der Waals surface area (Å²) in [5.74, 6) is 1.52. The molecule has 9 heteroatoms. The van der Waals surface area contributed by atoms with Gasteiger partial charge >= 0.3 is 0 Å². The van der Waals surface area contributed by atoms with Crippen molar-refractivity contribution in [3.63, 3.8) is 0 Å². The maximum absolute atomic E-state index is 5.73. The molecule has 0 atom stereocenters. The zero-order valence-electron chi connectivity index (χ0n) is 15.6. The van der Waals surface area contributed by atoms with Gasteiger partial charge in [0.1, 0.15) is 0 Å². The Labute approximate surface area is 156 Å². The van der Waals surface area contributed by atoms with Crippen LogP contribution in [0.15, 0.2) is 36.4 Å². The van der Waals surface area contributed by atoms with E-state index in [4.69, 9.17) is 24.3 Å². The summed E-state index contributed by atoms with van der Waals surface area (Å²) in [6.45, 7) is 0.675. The molecule has 0 spiro atoms. The summed E-state index contributed by atoms with van der Waals surface area (Å²) in [5.41, 5.74) is 1.72. The van der Waals surface area contributed by atoms with Gasteiger partial charge in [0.15, 0.2) is 0 Å². The highest BCUT2D eigenvalue weighted by molar-refractivity contribution is 5.43. The molecule has 2 aromatic rings. The average molecular weight is 382 g/mol. The van der Waals surface area contributed by atoms with E-state index in [1.165, 1.54) is 28.4 Å². The zero-order valence-corrected chi connectivity index (χ0v) is 15.6. The van der Waals surface area contributed by atoms with E-state index in [1.807, 2.05) is 12.1 Å². The van der Waals surface area contributed by atoms with Crippen molar-refractivity contribution in [2.75, 3.05) is 28.4 Å². The Balaban J connectivity index is 1.99. The Bertz CT molecular complexity index is 646. The van der Waals surface area contributed by atoms with E-state index in [-0.39, 0.29) is 0 Å². The van der Waals surface area contributed by atoms with E-state index >= 15 is 0 Å². The van der Waals surface area contributed by atoms with Crippen LogP contribution in [0.3, 0.4) is 0 Å². The van der Waals surface area contributed by atoms with Crippen molar-refractivity contribution in [2.24, 2.45) is 0 Å². The lowest BCUT2D eigenvalue weighted by Gasteiger charge is -2.11. The smallest absolute Gasteiger partial charge is 0.211 e. The number of benzene rings is 2. The quantitative estimate of drug-likeness (QED) is 0.406. The third-order valence-electron chi connectivity index (χ3n) is 3.25. The van der Waals surface area contributed by atoms with Crippen LogP contribution in [0.2, 0.25) is 0 Å². The molecule has 2 aromatic carbocycles. The molecule has 9 nitrogen and oxygen atoms in total. The first-order chi connectivity index (χ1) is 13.2. The fourth-order valence-corrected chi connectivity index (χ4v) is 2.20. The van der Waals surface area contributed by atoms with Crippen molar-refractivity contribution in [1.29, 1.82) is 0 Å². The fraction of sp³-hybridized carbons (Fsp3) is 0.333. The molecule has 0 aliphatic carbocycles. The molecule has 2 rings (SSSR count). The van der Waals surface area contributed by atoms with Gasteiger partial charge in [-0.05, 0) is 35.4 Å². The minimum atomic E-state index is 0.337. The van der Waals surface area contributed by atoms with Gasteiger partial charge in [-0.15, -0.1) is 0 Å². The summed E-state index contributed by atoms with van der Waals surface area (Å²) in [4.78, 5) is 38.8. The first kappa shape index (κ1) is 20.7. The second kappa shape index (κ2) is 11.2. The Morgan fingerprint density at radius 2 is 0.889 bits per heavy atom. The van der Waals surface area contributed by atoms with Crippen LogP contribution >= 0.6 is 0 Å². The Morgan fingerprint density at radius 1 is 0.519 bits per heavy atom. The molecule has 0 N–H and O–H groups in total. The molecule has 0 aliphatic heterocycles. The third kappa shape index (κ3) is 6.27. The SMILES string of the molecule is COOc1ccc(COCc2ccc(OOC)c(OOC)c2)cc1OOC. The molecule has 0 radical (unpaired) electrons. The van der Waals surface area contributed by atoms with Gasteiger partial charge in [0.25, 0.3) is 0 Å². The molecule has 0 aromatic heterocycles. The van der Waals surface area contributed by atoms with Crippen molar-refractivity contribution in [3.8, 4) is 23.0 Å². The molecule has 0 saturated carbocycles. The van der Waals surface area contributed by atoms with Crippen LogP contribution in [0, 0.1) is 0 Å². The number of hydrogen-bond donors (Lipinski definition) is 0. The van der Waals surface area contributed by atoms with Crippen molar-refractivity contribution >= 4 is 0 Å². The lowest BCUT2D eigenvalue weighted by atomic mass is 10.2. The van der Waals surface area contributed by atoms with Crippen LogP contribution in [0.5, 0.6) is 23.0 Å². The van der Waals surface area contributed by atoms with Gasteiger partial charge in [-0.3, -0.25) is 0 Å². The molecule has 0 fully saturated rings. The first-order valence-electron chi connectivity index (χ1n) is 7.88. The van der Waals surface area contributed by atoms with E-state index in [0.717, 1.165) is 11.1 Å². The molecule has 0 amide bonds. The Kier molecular flexibility index (Phi) is 8.62. The lowest BCUT2D eigenvalue weighted by Crippen LogP contribution is -2.01. The van der Waals surface area contributed by atoms with E-state index in [9.17, 15) is 0 Å². The van der Waals surface area contributed by atoms with Gasteiger partial charge in [0.05, 0.1) is 41.7 Å². The first-order valence-corrected chi connectivity index (χ1v) is 7.88. The minimum Gasteiger partial charge on any atom is -0.372 e. The number of hydrogen-bond acceptors (Lipinski definition) is 9. The van der Waals surface area contributed by atoms with Crippen LogP contribution < -0.4 is 19.6 Å². The molecule has 27 heavy (non-hydrogen) atoms. The van der Waals surface area contributed by atoms with E-state index in [0.29, 0.717) is 36.2 Å². The summed E-state index contributed by atoms with van der Waals surface area (Å²) >= 11 is 0. The highest BCUT2D eigenvalue weighted by Gasteiger charge is 2.11. The predicted molar refractivity (Wildman–Crippen MR) is 91.9 cm³/mol. The molecule has 0 unspecified atom stereocenters. The molecule has 148 valence electrons. The highest BCUT2D eigenvalue weighted by atomic mass is 17.2. The summed E-state index contributed by atoms with van der Waals surface area (Å²) in [6, 6.07) is 10.5. The van der Waals surface area contributed by atoms with E-state index in [2.05, 4.69) is 19.6 Å². The van der Waals surface area contributed by atoms with Gasteiger partial charge in [-0.25, -0.2) is 0 Å². The van der Waals surface area contributed by atoms with Gasteiger partial charge < -0.3 is 24.3 Å². The van der Waals surface area contributed by atoms with E-state index in [1.54, 1.807) is 24.3 Å². The second-order valence-corrected chi connectivity index (χ2v) is 5.05. The topological polar surface area (TPSA) is 83.1 Å². The lowest BCUT2D eigenvalue weighted by molar-refractivity contribution is -0.201. The summed E-state index contributed by atoms with van der Waals surface area (Å²) in [5, 5.41) is 0. The normalized spacial score (nSPS) is 10.5. The van der Waals surface area contributed by atoms with Gasteiger partial charge in [0, 0.05) is 0 Å². The van der Waals surface area contributed by atoms with Crippen molar-refractivity contribution in [2.45, 2.75) is 13.2 Å².